The number of rotatable bonds is 14. The highest BCUT2D eigenvalue weighted by molar-refractivity contribution is 6.31. The smallest absolute Gasteiger partial charge is 0.329 e. The van der Waals surface area contributed by atoms with Crippen molar-refractivity contribution < 1.29 is 19.1 Å². The Morgan fingerprint density at radius 1 is 0.764 bits per heavy atom. The highest BCUT2D eigenvalue weighted by Crippen LogP contribution is 2.33. The number of amides is 4. The lowest BCUT2D eigenvalue weighted by molar-refractivity contribution is -0.140. The molecule has 0 saturated carbocycles. The Kier molecular flexibility index (Phi) is 13.6. The van der Waals surface area contributed by atoms with Crippen molar-refractivity contribution in [3.63, 3.8) is 0 Å². The lowest BCUT2D eigenvalue weighted by Crippen LogP contribution is -2.58. The van der Waals surface area contributed by atoms with Gasteiger partial charge >= 0.3 is 6.03 Å². The van der Waals surface area contributed by atoms with E-state index in [2.05, 4.69) is 10.2 Å². The number of nitrogens with zero attached hydrogens (tertiary/aromatic N) is 4. The van der Waals surface area contributed by atoms with Crippen molar-refractivity contribution in [2.24, 2.45) is 5.92 Å². The van der Waals surface area contributed by atoms with Crippen LogP contribution in [0.5, 0.6) is 5.75 Å². The zero-order valence-electron chi connectivity index (χ0n) is 31.4. The van der Waals surface area contributed by atoms with Gasteiger partial charge in [0.2, 0.25) is 11.8 Å². The quantitative estimate of drug-likeness (QED) is 0.124. The minimum absolute atomic E-state index is 0.0381. The lowest BCUT2D eigenvalue weighted by atomic mass is 9.88. The number of halogens is 1. The third-order valence-corrected chi connectivity index (χ3v) is 10.2. The number of likely N-dealkylation sites (tertiary alicyclic amines) is 1. The van der Waals surface area contributed by atoms with Gasteiger partial charge in [-0.15, -0.1) is 0 Å². The van der Waals surface area contributed by atoms with Crippen LogP contribution >= 0.6 is 11.6 Å². The molecule has 5 aromatic rings. The Labute approximate surface area is 329 Å². The molecule has 1 aliphatic rings. The van der Waals surface area contributed by atoms with Gasteiger partial charge in [0.05, 0.1) is 18.5 Å². The molecule has 1 aliphatic heterocycles. The van der Waals surface area contributed by atoms with E-state index in [0.717, 1.165) is 22.4 Å². The Balaban J connectivity index is 1.25. The number of hydrogen-bond donors (Lipinski definition) is 1. The number of para-hydroxylation sites is 2. The molecule has 4 amide bonds. The van der Waals surface area contributed by atoms with Crippen LogP contribution in [0, 0.1) is 5.92 Å². The number of benzene rings is 5. The van der Waals surface area contributed by atoms with Crippen LogP contribution in [0.4, 0.5) is 16.2 Å². The van der Waals surface area contributed by atoms with Crippen LogP contribution in [-0.4, -0.2) is 72.4 Å². The average molecular weight is 758 g/mol. The van der Waals surface area contributed by atoms with E-state index in [-0.39, 0.29) is 30.8 Å². The van der Waals surface area contributed by atoms with E-state index in [9.17, 15) is 14.4 Å². The molecule has 0 aromatic heterocycles. The Bertz CT molecular complexity index is 1970. The van der Waals surface area contributed by atoms with Gasteiger partial charge in [0.1, 0.15) is 11.8 Å². The molecule has 1 fully saturated rings. The summed E-state index contributed by atoms with van der Waals surface area (Å²) in [5.41, 5.74) is 4.30. The van der Waals surface area contributed by atoms with Crippen molar-refractivity contribution in [2.45, 2.75) is 38.5 Å². The molecule has 10 heteroatoms. The number of piperidine rings is 1. The Morgan fingerprint density at radius 2 is 1.36 bits per heavy atom. The molecule has 284 valence electrons. The zero-order valence-corrected chi connectivity index (χ0v) is 32.1. The highest BCUT2D eigenvalue weighted by atomic mass is 35.5. The molecule has 1 N–H and O–H groups in total. The minimum Gasteiger partial charge on any atom is -0.496 e. The fraction of sp³-hybridized carbons (Fsp3) is 0.267. The summed E-state index contributed by atoms with van der Waals surface area (Å²) in [6.45, 7) is 2.63. The van der Waals surface area contributed by atoms with E-state index in [1.165, 1.54) is 0 Å². The number of methoxy groups -OCH3 is 1. The van der Waals surface area contributed by atoms with Crippen molar-refractivity contribution in [2.75, 3.05) is 38.7 Å². The fourth-order valence-electron chi connectivity index (χ4n) is 7.13. The molecule has 5 aromatic carbocycles. The number of ether oxygens (including phenoxy) is 1. The molecule has 0 unspecified atom stereocenters. The normalized spacial score (nSPS) is 15.3. The first-order valence-corrected chi connectivity index (χ1v) is 19.0. The molecule has 1 saturated heterocycles. The van der Waals surface area contributed by atoms with E-state index >= 15 is 0 Å². The van der Waals surface area contributed by atoms with Crippen molar-refractivity contribution in [1.82, 2.24) is 20.0 Å². The van der Waals surface area contributed by atoms with Crippen LogP contribution in [0.1, 0.15) is 29.5 Å². The molecule has 0 bridgehead atoms. The largest absolute Gasteiger partial charge is 0.496 e. The average Bonchev–Trinajstić information content (AvgIpc) is 3.21. The third kappa shape index (κ3) is 10.3. The van der Waals surface area contributed by atoms with Crippen molar-refractivity contribution in [1.29, 1.82) is 0 Å². The number of hydrogen-bond acceptors (Lipinski definition) is 5. The van der Waals surface area contributed by atoms with Crippen molar-refractivity contribution in [3.05, 3.63) is 161 Å². The summed E-state index contributed by atoms with van der Waals surface area (Å²) >= 11 is 6.43. The standard InChI is InChI=1S/C45H48ClN5O4/c1-48(33-37-19-12-13-24-42(37)55-2)28-26-47-43(52)41-29-36(44(53)49(31-34-15-6-3-7-16-34)32-35-17-8-4-9-18-35)25-27-50(41)45(54)51(39-21-10-5-11-22-39)40-23-14-20-38(46)30-40/h3-24,30,36,41H,25-29,31-33H2,1-2H3,(H,47,52)/t36-,41-/m1/s1. The topological polar surface area (TPSA) is 85.4 Å². The first-order valence-electron chi connectivity index (χ1n) is 18.7. The summed E-state index contributed by atoms with van der Waals surface area (Å²) < 4.78 is 5.53. The zero-order chi connectivity index (χ0) is 38.6. The highest BCUT2D eigenvalue weighted by Gasteiger charge is 2.42. The predicted octanol–water partition coefficient (Wildman–Crippen LogP) is 8.16. The number of anilines is 2. The summed E-state index contributed by atoms with van der Waals surface area (Å²) in [5.74, 6) is -0.00397. The monoisotopic (exact) mass is 757 g/mol. The SMILES string of the molecule is COc1ccccc1CN(C)CCNC(=O)[C@H]1C[C@H](C(=O)N(Cc2ccccc2)Cc2ccccc2)CCN1C(=O)N(c1ccccc1)c1cccc(Cl)c1. The Hall–Kier alpha value is -5.64. The number of urea groups is 1. The van der Waals surface area contributed by atoms with E-state index in [1.807, 2.05) is 133 Å². The summed E-state index contributed by atoms with van der Waals surface area (Å²) in [7, 11) is 3.64. The molecule has 55 heavy (non-hydrogen) atoms. The van der Waals surface area contributed by atoms with Gasteiger partial charge in [0.25, 0.3) is 0 Å². The second-order valence-corrected chi connectivity index (χ2v) is 14.3. The molecule has 6 rings (SSSR count). The van der Waals surface area contributed by atoms with Crippen LogP contribution in [-0.2, 0) is 29.2 Å². The first kappa shape index (κ1) is 39.1. The summed E-state index contributed by atoms with van der Waals surface area (Å²) in [6, 6.07) is 42.9. The number of carbonyl (C=O) groups excluding carboxylic acids is 3. The molecule has 2 atom stereocenters. The van der Waals surface area contributed by atoms with Crippen molar-refractivity contribution >= 4 is 40.8 Å². The molecule has 1 heterocycles. The molecule has 9 nitrogen and oxygen atoms in total. The van der Waals surface area contributed by atoms with E-state index in [4.69, 9.17) is 16.3 Å². The molecule has 0 aliphatic carbocycles. The first-order chi connectivity index (χ1) is 26.8. The molecular weight excluding hydrogens is 710 g/mol. The van der Waals surface area contributed by atoms with E-state index in [0.29, 0.717) is 55.5 Å². The van der Waals surface area contributed by atoms with Gasteiger partial charge in [-0.3, -0.25) is 14.5 Å². The molecule has 0 radical (unpaired) electrons. The maximum atomic E-state index is 14.8. The van der Waals surface area contributed by atoms with Crippen LogP contribution in [0.3, 0.4) is 0 Å². The van der Waals surface area contributed by atoms with Gasteiger partial charge in [-0.05, 0) is 67.4 Å². The minimum atomic E-state index is -0.893. The Morgan fingerprint density at radius 3 is 2.00 bits per heavy atom. The molecular formula is C45H48ClN5O4. The van der Waals surface area contributed by atoms with Gasteiger partial charge < -0.3 is 24.8 Å². The van der Waals surface area contributed by atoms with E-state index in [1.54, 1.807) is 35.1 Å². The van der Waals surface area contributed by atoms with Crippen LogP contribution < -0.4 is 15.0 Å². The van der Waals surface area contributed by atoms with Crippen molar-refractivity contribution in [3.8, 4) is 5.75 Å². The number of nitrogens with one attached hydrogen (secondary N) is 1. The van der Waals surface area contributed by atoms with Gasteiger partial charge in [0, 0.05) is 55.8 Å². The molecule has 0 spiro atoms. The predicted molar refractivity (Wildman–Crippen MR) is 218 cm³/mol. The second-order valence-electron chi connectivity index (χ2n) is 13.9. The van der Waals surface area contributed by atoms with Crippen LogP contribution in [0.25, 0.3) is 0 Å². The van der Waals surface area contributed by atoms with Gasteiger partial charge in [-0.25, -0.2) is 4.79 Å². The summed E-state index contributed by atoms with van der Waals surface area (Å²) in [4.78, 5) is 50.8. The number of carbonyl (C=O) groups is 3. The summed E-state index contributed by atoms with van der Waals surface area (Å²) in [5, 5.41) is 3.59. The second kappa shape index (κ2) is 19.1. The van der Waals surface area contributed by atoms with Gasteiger partial charge in [-0.1, -0.05) is 115 Å². The fourth-order valence-corrected chi connectivity index (χ4v) is 7.31. The summed E-state index contributed by atoms with van der Waals surface area (Å²) in [6.07, 6.45) is 0.597. The maximum absolute atomic E-state index is 14.8. The third-order valence-electron chi connectivity index (χ3n) is 9.94. The van der Waals surface area contributed by atoms with Gasteiger partial charge in [0.15, 0.2) is 0 Å². The number of likely N-dealkylation sites (N-methyl/N-ethyl adjacent to an activating group) is 1. The maximum Gasteiger partial charge on any atom is 0.329 e. The van der Waals surface area contributed by atoms with E-state index < -0.39 is 12.0 Å². The van der Waals surface area contributed by atoms with Crippen LogP contribution in [0.15, 0.2) is 140 Å². The van der Waals surface area contributed by atoms with Crippen LogP contribution in [0.2, 0.25) is 5.02 Å². The van der Waals surface area contributed by atoms with Gasteiger partial charge in [-0.2, -0.15) is 0 Å². The lowest BCUT2D eigenvalue weighted by Gasteiger charge is -2.41.